The Morgan fingerprint density at radius 1 is 1.19 bits per heavy atom. The van der Waals surface area contributed by atoms with Gasteiger partial charge in [-0.2, -0.15) is 5.26 Å². The number of fused-ring (bicyclic) bond motifs is 2. The molecule has 1 unspecified atom stereocenters. The maximum Gasteiger partial charge on any atom is 0.340 e. The van der Waals surface area contributed by atoms with Crippen molar-refractivity contribution < 1.29 is 9.53 Å². The molecule has 5 heteroatoms. The highest BCUT2D eigenvalue weighted by Gasteiger charge is 2.35. The molecule has 1 heterocycles. The highest BCUT2D eigenvalue weighted by atomic mass is 35.5. The number of carbonyl (C=O) groups excluding carboxylic acids is 1. The molecule has 0 saturated carbocycles. The van der Waals surface area contributed by atoms with Crippen molar-refractivity contribution in [2.75, 3.05) is 6.61 Å². The van der Waals surface area contributed by atoms with E-state index in [1.165, 1.54) is 0 Å². The monoisotopic (exact) mass is 444 g/mol. The standard InChI is InChI=1S/C27H25ClN2O2/c1-27(2,3)19-15-18(14-17-8-10-20(28)11-9-17)25-22(16-19)24(26(31)32-13-12-29)21-6-4-5-7-23(21)30-25/h4-11,14,19H,13,15-16H2,1-3H3. The summed E-state index contributed by atoms with van der Waals surface area (Å²) in [5, 5.41) is 10.4. The van der Waals surface area contributed by atoms with Gasteiger partial charge in [-0.25, -0.2) is 9.78 Å². The van der Waals surface area contributed by atoms with Gasteiger partial charge in [-0.15, -0.1) is 0 Å². The summed E-state index contributed by atoms with van der Waals surface area (Å²) >= 11 is 6.07. The summed E-state index contributed by atoms with van der Waals surface area (Å²) < 4.78 is 5.28. The fourth-order valence-corrected chi connectivity index (χ4v) is 4.43. The topological polar surface area (TPSA) is 63.0 Å². The van der Waals surface area contributed by atoms with Crippen LogP contribution in [0.5, 0.6) is 0 Å². The van der Waals surface area contributed by atoms with Crippen molar-refractivity contribution in [3.05, 3.63) is 75.9 Å². The van der Waals surface area contributed by atoms with Gasteiger partial charge in [0.05, 0.1) is 16.8 Å². The smallest absolute Gasteiger partial charge is 0.340 e. The molecule has 3 aromatic rings. The number of hydrogen-bond donors (Lipinski definition) is 0. The van der Waals surface area contributed by atoms with Crippen molar-refractivity contribution in [1.29, 1.82) is 5.26 Å². The van der Waals surface area contributed by atoms with Gasteiger partial charge in [0.2, 0.25) is 0 Å². The third-order valence-corrected chi connectivity index (χ3v) is 6.37. The first-order valence-electron chi connectivity index (χ1n) is 10.7. The van der Waals surface area contributed by atoms with E-state index in [-0.39, 0.29) is 12.0 Å². The molecule has 1 aliphatic carbocycles. The summed E-state index contributed by atoms with van der Waals surface area (Å²) in [7, 11) is 0. The van der Waals surface area contributed by atoms with Gasteiger partial charge < -0.3 is 4.74 Å². The molecular formula is C27H25ClN2O2. The van der Waals surface area contributed by atoms with Crippen molar-refractivity contribution >= 4 is 40.1 Å². The molecule has 4 nitrogen and oxygen atoms in total. The number of benzene rings is 2. The van der Waals surface area contributed by atoms with Crippen LogP contribution in [-0.4, -0.2) is 17.6 Å². The molecule has 1 atom stereocenters. The lowest BCUT2D eigenvalue weighted by atomic mass is 9.69. The minimum atomic E-state index is -0.471. The summed E-state index contributed by atoms with van der Waals surface area (Å²) in [5.41, 5.74) is 5.17. The fourth-order valence-electron chi connectivity index (χ4n) is 4.30. The van der Waals surface area contributed by atoms with Crippen LogP contribution in [0.1, 0.15) is 54.4 Å². The first-order chi connectivity index (χ1) is 15.3. The Bertz CT molecular complexity index is 1250. The molecule has 162 valence electrons. The SMILES string of the molecule is CC(C)(C)C1CC(=Cc2ccc(Cl)cc2)c2nc3ccccc3c(C(=O)OCC#N)c2C1. The molecule has 0 bridgehead atoms. The van der Waals surface area contributed by atoms with E-state index in [4.69, 9.17) is 26.6 Å². The predicted octanol–water partition coefficient (Wildman–Crippen LogP) is 6.72. The number of esters is 1. The van der Waals surface area contributed by atoms with Crippen molar-refractivity contribution in [1.82, 2.24) is 4.98 Å². The molecule has 0 N–H and O–H groups in total. The van der Waals surface area contributed by atoms with Gasteiger partial charge in [-0.1, -0.05) is 62.7 Å². The number of nitriles is 1. The second-order valence-electron chi connectivity index (χ2n) is 9.26. The van der Waals surface area contributed by atoms with Crippen LogP contribution in [0, 0.1) is 22.7 Å². The molecule has 2 aromatic carbocycles. The normalized spacial score (nSPS) is 17.1. The number of rotatable bonds is 3. The predicted molar refractivity (Wildman–Crippen MR) is 128 cm³/mol. The molecule has 0 fully saturated rings. The second kappa shape index (κ2) is 8.76. The van der Waals surface area contributed by atoms with Crippen molar-refractivity contribution in [2.45, 2.75) is 33.6 Å². The van der Waals surface area contributed by atoms with Gasteiger partial charge in [0.15, 0.2) is 6.61 Å². The first-order valence-corrected chi connectivity index (χ1v) is 11.1. The molecule has 0 radical (unpaired) electrons. The lowest BCUT2D eigenvalue weighted by molar-refractivity contribution is 0.0555. The second-order valence-corrected chi connectivity index (χ2v) is 9.69. The minimum absolute atomic E-state index is 0.0379. The van der Waals surface area contributed by atoms with E-state index in [1.807, 2.05) is 54.6 Å². The summed E-state index contributed by atoms with van der Waals surface area (Å²) in [5.74, 6) is -0.152. The summed E-state index contributed by atoms with van der Waals surface area (Å²) in [6.45, 7) is 6.40. The zero-order chi connectivity index (χ0) is 22.9. The minimum Gasteiger partial charge on any atom is -0.447 e. The van der Waals surface area contributed by atoms with E-state index in [0.717, 1.165) is 46.1 Å². The third kappa shape index (κ3) is 4.40. The van der Waals surface area contributed by atoms with E-state index in [0.29, 0.717) is 16.5 Å². The van der Waals surface area contributed by atoms with E-state index in [1.54, 1.807) is 0 Å². The van der Waals surface area contributed by atoms with E-state index >= 15 is 0 Å². The molecule has 0 amide bonds. The average molecular weight is 445 g/mol. The Morgan fingerprint density at radius 2 is 1.91 bits per heavy atom. The largest absolute Gasteiger partial charge is 0.447 e. The summed E-state index contributed by atoms with van der Waals surface area (Å²) in [6, 6.07) is 17.2. The molecule has 4 rings (SSSR count). The quantitative estimate of drug-likeness (QED) is 0.421. The maximum absolute atomic E-state index is 13.1. The van der Waals surface area contributed by atoms with Crippen LogP contribution in [-0.2, 0) is 11.2 Å². The van der Waals surface area contributed by atoms with Crippen LogP contribution in [0.25, 0.3) is 22.6 Å². The highest BCUT2D eigenvalue weighted by Crippen LogP contribution is 2.44. The van der Waals surface area contributed by atoms with Crippen molar-refractivity contribution in [2.24, 2.45) is 11.3 Å². The number of pyridine rings is 1. The number of nitrogens with zero attached hydrogens (tertiary/aromatic N) is 2. The first kappa shape index (κ1) is 22.0. The Hall–Kier alpha value is -3.16. The Labute approximate surface area is 193 Å². The zero-order valence-corrected chi connectivity index (χ0v) is 19.2. The molecular weight excluding hydrogens is 420 g/mol. The van der Waals surface area contributed by atoms with E-state index < -0.39 is 5.97 Å². The van der Waals surface area contributed by atoms with Crippen LogP contribution < -0.4 is 0 Å². The Morgan fingerprint density at radius 3 is 2.59 bits per heavy atom. The molecule has 0 saturated heterocycles. The van der Waals surface area contributed by atoms with Gasteiger partial charge in [0.25, 0.3) is 0 Å². The number of aromatic nitrogens is 1. The van der Waals surface area contributed by atoms with Crippen LogP contribution >= 0.6 is 11.6 Å². The van der Waals surface area contributed by atoms with Crippen molar-refractivity contribution in [3.8, 4) is 6.07 Å². The number of halogens is 1. The Kier molecular flexibility index (Phi) is 6.04. The van der Waals surface area contributed by atoms with Crippen LogP contribution in [0.2, 0.25) is 5.02 Å². The van der Waals surface area contributed by atoms with Gasteiger partial charge in [0.1, 0.15) is 6.07 Å². The average Bonchev–Trinajstić information content (AvgIpc) is 2.76. The number of allylic oxidation sites excluding steroid dienone is 1. The van der Waals surface area contributed by atoms with Gasteiger partial charge in [-0.3, -0.25) is 0 Å². The van der Waals surface area contributed by atoms with E-state index in [9.17, 15) is 4.79 Å². The fraction of sp³-hybridized carbons (Fsp3) is 0.296. The Balaban J connectivity index is 1.97. The zero-order valence-electron chi connectivity index (χ0n) is 18.5. The molecule has 32 heavy (non-hydrogen) atoms. The summed E-state index contributed by atoms with van der Waals surface area (Å²) in [6.07, 6.45) is 3.72. The third-order valence-electron chi connectivity index (χ3n) is 6.12. The number of hydrogen-bond acceptors (Lipinski definition) is 4. The van der Waals surface area contributed by atoms with Crippen LogP contribution in [0.4, 0.5) is 0 Å². The van der Waals surface area contributed by atoms with Crippen LogP contribution in [0.3, 0.4) is 0 Å². The number of para-hydroxylation sites is 1. The molecule has 1 aromatic heterocycles. The van der Waals surface area contributed by atoms with Crippen LogP contribution in [0.15, 0.2) is 48.5 Å². The van der Waals surface area contributed by atoms with Crippen molar-refractivity contribution in [3.63, 3.8) is 0 Å². The number of ether oxygens (including phenoxy) is 1. The summed E-state index contributed by atoms with van der Waals surface area (Å²) in [4.78, 5) is 18.1. The lowest BCUT2D eigenvalue weighted by Crippen LogP contribution is -2.28. The lowest BCUT2D eigenvalue weighted by Gasteiger charge is -2.36. The maximum atomic E-state index is 13.1. The molecule has 0 aliphatic heterocycles. The van der Waals surface area contributed by atoms with Gasteiger partial charge >= 0.3 is 5.97 Å². The van der Waals surface area contributed by atoms with E-state index in [2.05, 4.69) is 26.8 Å². The molecule has 1 aliphatic rings. The molecule has 0 spiro atoms. The van der Waals surface area contributed by atoms with Gasteiger partial charge in [-0.05, 0) is 65.1 Å². The number of carbonyl (C=O) groups is 1. The highest BCUT2D eigenvalue weighted by molar-refractivity contribution is 6.30. The van der Waals surface area contributed by atoms with Gasteiger partial charge in [0, 0.05) is 10.4 Å².